The van der Waals surface area contributed by atoms with Crippen molar-refractivity contribution in [2.45, 2.75) is 13.0 Å². The minimum Gasteiger partial charge on any atom is -0.357 e. The van der Waals surface area contributed by atoms with Crippen molar-refractivity contribution >= 4 is 34.2 Å². The van der Waals surface area contributed by atoms with E-state index < -0.39 is 0 Å². The van der Waals surface area contributed by atoms with E-state index in [2.05, 4.69) is 21.3 Å². The third kappa shape index (κ3) is 4.08. The number of nitrogens with zero attached hydrogens (tertiary/aromatic N) is 1. The van der Waals surface area contributed by atoms with Crippen LogP contribution in [0.3, 0.4) is 0 Å². The third-order valence-electron chi connectivity index (χ3n) is 3.39. The molecule has 1 aromatic heterocycles. The molecule has 3 aromatic rings. The van der Waals surface area contributed by atoms with Gasteiger partial charge in [0.05, 0.1) is 6.42 Å². The molecule has 0 bridgehead atoms. The quantitative estimate of drug-likeness (QED) is 0.498. The van der Waals surface area contributed by atoms with E-state index in [1.54, 1.807) is 0 Å². The van der Waals surface area contributed by atoms with Gasteiger partial charge in [-0.05, 0) is 29.9 Å². The van der Waals surface area contributed by atoms with Crippen LogP contribution in [-0.4, -0.2) is 16.2 Å². The number of fused-ring (bicyclic) bond motifs is 1. The number of para-hydroxylation sites is 1. The molecular weight excluding hydrogens is 324 g/mol. The fourth-order valence-corrected chi connectivity index (χ4v) is 2.33. The van der Waals surface area contributed by atoms with Crippen molar-refractivity contribution in [2.75, 3.05) is 0 Å². The van der Waals surface area contributed by atoms with E-state index in [1.807, 2.05) is 54.6 Å². The number of nitrogens with one attached hydrogen (secondary N) is 3. The summed E-state index contributed by atoms with van der Waals surface area (Å²) in [6.07, 6.45) is 0.102. The summed E-state index contributed by atoms with van der Waals surface area (Å²) in [5.41, 5.74) is 7.57. The highest BCUT2D eigenvalue weighted by Crippen LogP contribution is 2.17. The molecule has 0 aliphatic rings. The van der Waals surface area contributed by atoms with E-state index in [1.165, 1.54) is 0 Å². The van der Waals surface area contributed by atoms with Crippen LogP contribution in [0.5, 0.6) is 0 Å². The van der Waals surface area contributed by atoms with Gasteiger partial charge < -0.3 is 9.84 Å². The summed E-state index contributed by atoms with van der Waals surface area (Å²) >= 11 is 5.13. The van der Waals surface area contributed by atoms with E-state index in [0.29, 0.717) is 22.9 Å². The van der Waals surface area contributed by atoms with Crippen molar-refractivity contribution in [3.63, 3.8) is 0 Å². The Hall–Kier alpha value is -2.93. The molecule has 1 amide bonds. The Morgan fingerprint density at radius 3 is 2.62 bits per heavy atom. The minimum atomic E-state index is -0.252. The van der Waals surface area contributed by atoms with Crippen molar-refractivity contribution in [3.05, 3.63) is 65.9 Å². The van der Waals surface area contributed by atoms with Crippen LogP contribution in [0.1, 0.15) is 11.3 Å². The van der Waals surface area contributed by atoms with Crippen LogP contribution in [0.2, 0.25) is 0 Å². The number of thiocarbonyl (C=S) groups is 1. The fourth-order valence-electron chi connectivity index (χ4n) is 2.21. The molecule has 0 saturated heterocycles. The zero-order chi connectivity index (χ0) is 16.8. The second-order valence-corrected chi connectivity index (χ2v) is 5.55. The molecule has 2 aromatic carbocycles. The van der Waals surface area contributed by atoms with Crippen LogP contribution >= 0.6 is 12.2 Å². The fraction of sp³-hybridized carbons (Fsp3) is 0.118. The number of carbonyl (C=O) groups is 1. The Balaban J connectivity index is 1.46. The maximum Gasteiger partial charge on any atom is 0.244 e. The number of amides is 1. The molecular formula is C17H16N4O2S. The molecule has 1 heterocycles. The topological polar surface area (TPSA) is 79.2 Å². The van der Waals surface area contributed by atoms with Gasteiger partial charge in [0.1, 0.15) is 5.69 Å². The lowest BCUT2D eigenvalue weighted by molar-refractivity contribution is -0.121. The summed E-state index contributed by atoms with van der Waals surface area (Å²) in [7, 11) is 0. The monoisotopic (exact) mass is 340 g/mol. The molecule has 0 fully saturated rings. The summed E-state index contributed by atoms with van der Waals surface area (Å²) in [6, 6.07) is 17.3. The van der Waals surface area contributed by atoms with Gasteiger partial charge >= 0.3 is 0 Å². The third-order valence-corrected chi connectivity index (χ3v) is 3.64. The van der Waals surface area contributed by atoms with Crippen LogP contribution in [0.4, 0.5) is 0 Å². The Morgan fingerprint density at radius 1 is 1.04 bits per heavy atom. The van der Waals surface area contributed by atoms with Gasteiger partial charge in [-0.2, -0.15) is 0 Å². The summed E-state index contributed by atoms with van der Waals surface area (Å²) in [5.74, 6) is -0.252. The standard InChI is InChI=1S/C17H16N4O2S/c22-16(10-14-13-8-4-5-9-15(13)23-21-14)19-20-17(24)18-11-12-6-2-1-3-7-12/h1-9H,10-11H2,(H,19,22)(H2,18,20,24). The summed E-state index contributed by atoms with van der Waals surface area (Å²) in [6.45, 7) is 0.580. The highest BCUT2D eigenvalue weighted by molar-refractivity contribution is 7.80. The predicted octanol–water partition coefficient (Wildman–Crippen LogP) is 2.07. The van der Waals surface area contributed by atoms with Crippen LogP contribution in [-0.2, 0) is 17.8 Å². The highest BCUT2D eigenvalue weighted by Gasteiger charge is 2.11. The molecule has 0 radical (unpaired) electrons. The summed E-state index contributed by atoms with van der Waals surface area (Å²) < 4.78 is 5.17. The Labute approximate surface area is 144 Å². The van der Waals surface area contributed by atoms with Gasteiger partial charge in [0, 0.05) is 11.9 Å². The second-order valence-electron chi connectivity index (χ2n) is 5.14. The molecule has 24 heavy (non-hydrogen) atoms. The lowest BCUT2D eigenvalue weighted by Gasteiger charge is -2.11. The minimum absolute atomic E-state index is 0.102. The molecule has 0 spiro atoms. The number of hydrogen-bond donors (Lipinski definition) is 3. The SMILES string of the molecule is O=C(Cc1noc2ccccc12)NNC(=S)NCc1ccccc1. The average molecular weight is 340 g/mol. The lowest BCUT2D eigenvalue weighted by Crippen LogP contribution is -2.47. The number of carbonyl (C=O) groups excluding carboxylic acids is 1. The van der Waals surface area contributed by atoms with E-state index in [-0.39, 0.29) is 12.3 Å². The summed E-state index contributed by atoms with van der Waals surface area (Å²) in [5, 5.41) is 8.12. The van der Waals surface area contributed by atoms with Crippen LogP contribution in [0.25, 0.3) is 11.0 Å². The first-order valence-electron chi connectivity index (χ1n) is 7.42. The van der Waals surface area contributed by atoms with Gasteiger partial charge in [-0.15, -0.1) is 0 Å². The van der Waals surface area contributed by atoms with Crippen LogP contribution in [0.15, 0.2) is 59.1 Å². The van der Waals surface area contributed by atoms with Crippen molar-refractivity contribution in [2.24, 2.45) is 0 Å². The lowest BCUT2D eigenvalue weighted by atomic mass is 10.2. The number of hydrazine groups is 1. The first kappa shape index (κ1) is 15.9. The Kier molecular flexibility index (Phi) is 5.02. The van der Waals surface area contributed by atoms with Crippen LogP contribution in [0, 0.1) is 0 Å². The molecule has 3 N–H and O–H groups in total. The average Bonchev–Trinajstić information content (AvgIpc) is 3.02. The van der Waals surface area contributed by atoms with E-state index in [4.69, 9.17) is 16.7 Å². The van der Waals surface area contributed by atoms with Crippen LogP contribution < -0.4 is 16.2 Å². The van der Waals surface area contributed by atoms with Crippen molar-refractivity contribution in [3.8, 4) is 0 Å². The van der Waals surface area contributed by atoms with Gasteiger partial charge in [0.25, 0.3) is 0 Å². The normalized spacial score (nSPS) is 10.3. The van der Waals surface area contributed by atoms with Gasteiger partial charge in [0.2, 0.25) is 5.91 Å². The Morgan fingerprint density at radius 2 is 1.79 bits per heavy atom. The molecule has 0 unspecified atom stereocenters. The molecule has 122 valence electrons. The first-order valence-corrected chi connectivity index (χ1v) is 7.83. The molecule has 0 atom stereocenters. The van der Waals surface area contributed by atoms with E-state index in [0.717, 1.165) is 10.9 Å². The Bertz CT molecular complexity index is 848. The molecule has 0 aliphatic carbocycles. The second kappa shape index (κ2) is 7.56. The molecule has 3 rings (SSSR count). The van der Waals surface area contributed by atoms with Gasteiger partial charge in [0.15, 0.2) is 10.7 Å². The van der Waals surface area contributed by atoms with E-state index >= 15 is 0 Å². The zero-order valence-corrected chi connectivity index (χ0v) is 13.6. The van der Waals surface area contributed by atoms with Gasteiger partial charge in [-0.1, -0.05) is 47.6 Å². The maximum absolute atomic E-state index is 12.0. The number of benzene rings is 2. The highest BCUT2D eigenvalue weighted by atomic mass is 32.1. The van der Waals surface area contributed by atoms with Crippen molar-refractivity contribution < 1.29 is 9.32 Å². The largest absolute Gasteiger partial charge is 0.357 e. The first-order chi connectivity index (χ1) is 11.7. The molecule has 6 nitrogen and oxygen atoms in total. The maximum atomic E-state index is 12.0. The van der Waals surface area contributed by atoms with Gasteiger partial charge in [-0.25, -0.2) is 0 Å². The van der Waals surface area contributed by atoms with Crippen molar-refractivity contribution in [1.82, 2.24) is 21.3 Å². The van der Waals surface area contributed by atoms with E-state index in [9.17, 15) is 4.79 Å². The predicted molar refractivity (Wildman–Crippen MR) is 94.9 cm³/mol. The molecule has 7 heteroatoms. The smallest absolute Gasteiger partial charge is 0.244 e. The summed E-state index contributed by atoms with van der Waals surface area (Å²) in [4.78, 5) is 12.0. The number of aromatic nitrogens is 1. The zero-order valence-electron chi connectivity index (χ0n) is 12.8. The van der Waals surface area contributed by atoms with Gasteiger partial charge in [-0.3, -0.25) is 15.6 Å². The van der Waals surface area contributed by atoms with Crippen molar-refractivity contribution in [1.29, 1.82) is 0 Å². The number of rotatable bonds is 4. The number of hydrogen-bond acceptors (Lipinski definition) is 4. The molecule has 0 aliphatic heterocycles. The molecule has 0 saturated carbocycles.